The second-order valence-corrected chi connectivity index (χ2v) is 7.86. The van der Waals surface area contributed by atoms with E-state index in [-0.39, 0.29) is 32.5 Å². The first-order valence-corrected chi connectivity index (χ1v) is 9.97. The number of aromatic nitrogens is 1. The third kappa shape index (κ3) is 4.76. The van der Waals surface area contributed by atoms with E-state index in [1.165, 1.54) is 34.9 Å². The van der Waals surface area contributed by atoms with Crippen LogP contribution in [-0.2, 0) is 10.9 Å². The molecule has 0 saturated carbocycles. The highest BCUT2D eigenvalue weighted by atomic mass is 35.5. The number of carbonyl (C=O) groups is 2. The van der Waals surface area contributed by atoms with Gasteiger partial charge in [0.15, 0.2) is 6.61 Å². The first kappa shape index (κ1) is 23.7. The third-order valence-electron chi connectivity index (χ3n) is 4.81. The van der Waals surface area contributed by atoms with Gasteiger partial charge in [0.05, 0.1) is 21.8 Å². The van der Waals surface area contributed by atoms with Crippen LogP contribution >= 0.6 is 23.2 Å². The maximum Gasteiger partial charge on any atom is 0.416 e. The summed E-state index contributed by atoms with van der Waals surface area (Å²) in [5.74, 6) is -1.41. The number of nitrogens with two attached hydrogens (primary N) is 1. The van der Waals surface area contributed by atoms with Gasteiger partial charge in [-0.25, -0.2) is 4.79 Å². The zero-order valence-electron chi connectivity index (χ0n) is 16.9. The van der Waals surface area contributed by atoms with Crippen molar-refractivity contribution in [3.05, 3.63) is 80.6 Å². The van der Waals surface area contributed by atoms with Crippen LogP contribution in [0.15, 0.2) is 42.5 Å². The van der Waals surface area contributed by atoms with Crippen molar-refractivity contribution >= 4 is 40.6 Å². The predicted molar refractivity (Wildman–Crippen MR) is 116 cm³/mol. The molecule has 10 heteroatoms. The monoisotopic (exact) mass is 484 g/mol. The SMILES string of the molecule is Cc1cc(C(=O)COC(=O)c2cc(Cl)cc(Cl)c2N)c(C)n1-c1cccc(C(F)(F)F)c1. The molecule has 0 aliphatic heterocycles. The van der Waals surface area contributed by atoms with Gasteiger partial charge in [0.1, 0.15) is 0 Å². The van der Waals surface area contributed by atoms with Crippen molar-refractivity contribution in [2.45, 2.75) is 20.0 Å². The van der Waals surface area contributed by atoms with Crippen LogP contribution < -0.4 is 5.73 Å². The van der Waals surface area contributed by atoms with Gasteiger partial charge in [-0.15, -0.1) is 0 Å². The lowest BCUT2D eigenvalue weighted by molar-refractivity contribution is -0.137. The third-order valence-corrected chi connectivity index (χ3v) is 5.34. The van der Waals surface area contributed by atoms with Crippen LogP contribution in [0.1, 0.15) is 37.7 Å². The molecule has 2 aromatic carbocycles. The van der Waals surface area contributed by atoms with E-state index in [1.54, 1.807) is 13.8 Å². The van der Waals surface area contributed by atoms with Crippen LogP contribution in [0.5, 0.6) is 0 Å². The predicted octanol–water partition coefficient (Wildman–Crippen LogP) is 6.04. The van der Waals surface area contributed by atoms with E-state index < -0.39 is 30.1 Å². The summed E-state index contributed by atoms with van der Waals surface area (Å²) in [6, 6.07) is 8.93. The Kier molecular flexibility index (Phi) is 6.57. The highest BCUT2D eigenvalue weighted by molar-refractivity contribution is 6.37. The van der Waals surface area contributed by atoms with Gasteiger partial charge in [-0.05, 0) is 50.2 Å². The van der Waals surface area contributed by atoms with E-state index in [2.05, 4.69) is 0 Å². The molecule has 3 aromatic rings. The molecular formula is C22H17Cl2F3N2O3. The Morgan fingerprint density at radius 1 is 1.06 bits per heavy atom. The van der Waals surface area contributed by atoms with Gasteiger partial charge >= 0.3 is 12.1 Å². The fourth-order valence-electron chi connectivity index (χ4n) is 3.30. The van der Waals surface area contributed by atoms with Gasteiger partial charge in [0.25, 0.3) is 0 Å². The summed E-state index contributed by atoms with van der Waals surface area (Å²) in [5, 5.41) is 0.243. The molecular weight excluding hydrogens is 468 g/mol. The molecule has 0 unspecified atom stereocenters. The van der Waals surface area contributed by atoms with Crippen molar-refractivity contribution in [2.24, 2.45) is 0 Å². The molecule has 32 heavy (non-hydrogen) atoms. The molecule has 0 aliphatic carbocycles. The van der Waals surface area contributed by atoms with Crippen molar-refractivity contribution in [3.8, 4) is 5.69 Å². The molecule has 0 atom stereocenters. The number of anilines is 1. The zero-order valence-corrected chi connectivity index (χ0v) is 18.4. The largest absolute Gasteiger partial charge is 0.454 e. The Hall–Kier alpha value is -2.97. The van der Waals surface area contributed by atoms with Gasteiger partial charge < -0.3 is 15.0 Å². The number of nitrogens with zero attached hydrogens (tertiary/aromatic N) is 1. The van der Waals surface area contributed by atoms with Crippen molar-refractivity contribution in [3.63, 3.8) is 0 Å². The topological polar surface area (TPSA) is 74.3 Å². The molecule has 168 valence electrons. The number of esters is 1. The number of hydrogen-bond acceptors (Lipinski definition) is 4. The van der Waals surface area contributed by atoms with Crippen LogP contribution in [0.25, 0.3) is 5.69 Å². The van der Waals surface area contributed by atoms with Crippen molar-refractivity contribution < 1.29 is 27.5 Å². The maximum atomic E-state index is 13.1. The van der Waals surface area contributed by atoms with E-state index in [9.17, 15) is 22.8 Å². The summed E-state index contributed by atoms with van der Waals surface area (Å²) >= 11 is 11.8. The Bertz CT molecular complexity index is 1220. The highest BCUT2D eigenvalue weighted by Gasteiger charge is 2.31. The van der Waals surface area contributed by atoms with Gasteiger partial charge in [-0.2, -0.15) is 13.2 Å². The van der Waals surface area contributed by atoms with Crippen LogP contribution in [0.4, 0.5) is 18.9 Å². The minimum atomic E-state index is -4.50. The van der Waals surface area contributed by atoms with Gasteiger partial charge in [0.2, 0.25) is 5.78 Å². The number of ether oxygens (including phenoxy) is 1. The molecule has 0 fully saturated rings. The fraction of sp³-hybridized carbons (Fsp3) is 0.182. The first-order valence-electron chi connectivity index (χ1n) is 9.21. The summed E-state index contributed by atoms with van der Waals surface area (Å²) in [5.41, 5.74) is 6.27. The maximum absolute atomic E-state index is 13.1. The summed E-state index contributed by atoms with van der Waals surface area (Å²) < 4.78 is 45.8. The number of ketones is 1. The summed E-state index contributed by atoms with van der Waals surface area (Å²) in [4.78, 5) is 25.0. The van der Waals surface area contributed by atoms with E-state index in [0.717, 1.165) is 12.1 Å². The summed E-state index contributed by atoms with van der Waals surface area (Å²) in [6.07, 6.45) is -4.50. The van der Waals surface area contributed by atoms with Crippen LogP contribution in [-0.4, -0.2) is 22.9 Å². The van der Waals surface area contributed by atoms with Crippen LogP contribution in [0, 0.1) is 13.8 Å². The van der Waals surface area contributed by atoms with Crippen LogP contribution in [0.3, 0.4) is 0 Å². The molecule has 0 saturated heterocycles. The minimum Gasteiger partial charge on any atom is -0.454 e. The standard InChI is InChI=1S/C22H17Cl2F3N2O3/c1-11-6-16(12(2)29(11)15-5-3-4-13(7-15)22(25,26)27)19(30)10-32-21(31)17-8-14(23)9-18(24)20(17)28/h3-9H,10,28H2,1-2H3. The number of rotatable bonds is 5. The summed E-state index contributed by atoms with van der Waals surface area (Å²) in [7, 11) is 0. The molecule has 5 nitrogen and oxygen atoms in total. The number of nitrogen functional groups attached to an aromatic ring is 1. The van der Waals surface area contributed by atoms with Crippen LogP contribution in [0.2, 0.25) is 10.0 Å². The van der Waals surface area contributed by atoms with Crippen molar-refractivity contribution in [2.75, 3.05) is 12.3 Å². The first-order chi connectivity index (χ1) is 14.9. The lowest BCUT2D eigenvalue weighted by Gasteiger charge is -2.13. The Labute approximate surface area is 191 Å². The molecule has 1 heterocycles. The molecule has 0 aliphatic rings. The number of carbonyl (C=O) groups excluding carboxylic acids is 2. The summed E-state index contributed by atoms with van der Waals surface area (Å²) in [6.45, 7) is 2.65. The molecule has 0 radical (unpaired) electrons. The quantitative estimate of drug-likeness (QED) is 0.272. The minimum absolute atomic E-state index is 0.0313. The average molecular weight is 485 g/mol. The number of alkyl halides is 3. The van der Waals surface area contributed by atoms with Gasteiger partial charge in [-0.3, -0.25) is 4.79 Å². The Balaban J connectivity index is 1.83. The second-order valence-electron chi connectivity index (χ2n) is 7.02. The number of halogens is 5. The Morgan fingerprint density at radius 2 is 1.75 bits per heavy atom. The molecule has 0 amide bonds. The van der Waals surface area contributed by atoms with Crippen molar-refractivity contribution in [1.29, 1.82) is 0 Å². The fourth-order valence-corrected chi connectivity index (χ4v) is 3.80. The zero-order chi connectivity index (χ0) is 23.8. The average Bonchev–Trinajstić information content (AvgIpc) is 3.02. The molecule has 3 rings (SSSR count). The number of hydrogen-bond donors (Lipinski definition) is 1. The number of benzene rings is 2. The lowest BCUT2D eigenvalue weighted by atomic mass is 10.1. The van der Waals surface area contributed by atoms with Gasteiger partial charge in [-0.1, -0.05) is 29.3 Å². The van der Waals surface area contributed by atoms with E-state index in [4.69, 9.17) is 33.7 Å². The smallest absolute Gasteiger partial charge is 0.416 e. The molecule has 0 bridgehead atoms. The lowest BCUT2D eigenvalue weighted by Crippen LogP contribution is -2.16. The molecule has 0 spiro atoms. The van der Waals surface area contributed by atoms with Crippen molar-refractivity contribution in [1.82, 2.24) is 4.57 Å². The highest BCUT2D eigenvalue weighted by Crippen LogP contribution is 2.32. The van der Waals surface area contributed by atoms with E-state index >= 15 is 0 Å². The van der Waals surface area contributed by atoms with E-state index in [1.807, 2.05) is 0 Å². The van der Waals surface area contributed by atoms with Gasteiger partial charge in [0, 0.05) is 27.7 Å². The molecule has 1 aromatic heterocycles. The second kappa shape index (κ2) is 8.88. The molecule has 2 N–H and O–H groups in total. The number of Topliss-reactive ketones (excluding diaryl/α,β-unsaturated/α-hetero) is 1. The normalized spacial score (nSPS) is 11.5. The van der Waals surface area contributed by atoms with E-state index in [0.29, 0.717) is 11.4 Å². The number of aryl methyl sites for hydroxylation is 1. The Morgan fingerprint density at radius 3 is 2.41 bits per heavy atom.